The lowest BCUT2D eigenvalue weighted by molar-refractivity contribution is -0.0858. The molecule has 2 aliphatic heterocycles. The number of rotatable bonds is 5. The van der Waals surface area contributed by atoms with Gasteiger partial charge >= 0.3 is 0 Å². The number of piperazine rings is 1. The van der Waals surface area contributed by atoms with Crippen LogP contribution in [-0.4, -0.2) is 81.5 Å². The van der Waals surface area contributed by atoms with Gasteiger partial charge < -0.3 is 19.7 Å². The van der Waals surface area contributed by atoms with Crippen LogP contribution < -0.4 is 5.32 Å². The van der Waals surface area contributed by atoms with Crippen molar-refractivity contribution < 1.29 is 9.47 Å². The van der Waals surface area contributed by atoms with E-state index in [1.807, 2.05) is 14.2 Å². The number of fused-ring (bicyclic) bond motifs is 1. The van der Waals surface area contributed by atoms with Crippen molar-refractivity contribution in [2.75, 3.05) is 60.1 Å². The number of nitrogens with one attached hydrogen (secondary N) is 1. The molecule has 2 saturated heterocycles. The molecule has 0 amide bonds. The monoisotopic (exact) mass is 410 g/mol. The number of guanidine groups is 1. The Morgan fingerprint density at radius 3 is 2.53 bits per heavy atom. The number of aliphatic imine (C=N–C) groups is 1. The topological polar surface area (TPSA) is 49.3 Å². The molecule has 0 atom stereocenters. The Morgan fingerprint density at radius 1 is 1.07 bits per heavy atom. The largest absolute Gasteiger partial charge is 0.381 e. The van der Waals surface area contributed by atoms with Crippen LogP contribution in [0.2, 0.25) is 0 Å². The molecule has 2 fully saturated rings. The van der Waals surface area contributed by atoms with Crippen LogP contribution in [0.25, 0.3) is 10.8 Å². The van der Waals surface area contributed by atoms with Crippen LogP contribution in [0, 0.1) is 0 Å². The van der Waals surface area contributed by atoms with Crippen molar-refractivity contribution in [2.24, 2.45) is 4.99 Å². The summed E-state index contributed by atoms with van der Waals surface area (Å²) in [5.41, 5.74) is 1.26. The number of hydrogen-bond donors (Lipinski definition) is 1. The lowest BCUT2D eigenvalue weighted by atomic mass is 9.94. The van der Waals surface area contributed by atoms with Gasteiger partial charge in [0.25, 0.3) is 0 Å². The molecule has 162 valence electrons. The highest BCUT2D eigenvalue weighted by Gasteiger charge is 2.33. The van der Waals surface area contributed by atoms with Gasteiger partial charge in [0, 0.05) is 79.5 Å². The van der Waals surface area contributed by atoms with Gasteiger partial charge in [0.15, 0.2) is 5.96 Å². The van der Waals surface area contributed by atoms with Crippen molar-refractivity contribution >= 4 is 16.7 Å². The smallest absolute Gasteiger partial charge is 0.193 e. The third-order valence-corrected chi connectivity index (χ3v) is 6.56. The Kier molecular flexibility index (Phi) is 6.87. The first-order valence-corrected chi connectivity index (χ1v) is 11.0. The molecule has 6 nitrogen and oxygen atoms in total. The average Bonchev–Trinajstić information content (AvgIpc) is 2.81. The molecule has 6 heteroatoms. The highest BCUT2D eigenvalue weighted by Crippen LogP contribution is 2.24. The molecule has 4 rings (SSSR count). The second kappa shape index (κ2) is 9.77. The minimum Gasteiger partial charge on any atom is -0.381 e. The summed E-state index contributed by atoms with van der Waals surface area (Å²) in [6.45, 7) is 7.33. The van der Waals surface area contributed by atoms with Crippen molar-refractivity contribution in [1.29, 1.82) is 0 Å². The van der Waals surface area contributed by atoms with Crippen LogP contribution >= 0.6 is 0 Å². The van der Waals surface area contributed by atoms with Crippen LogP contribution in [0.3, 0.4) is 0 Å². The fraction of sp³-hybridized carbons (Fsp3) is 0.542. The number of nitrogens with zero attached hydrogens (tertiary/aromatic N) is 3. The zero-order chi connectivity index (χ0) is 20.8. The molecule has 0 saturated carbocycles. The van der Waals surface area contributed by atoms with E-state index >= 15 is 0 Å². The zero-order valence-electron chi connectivity index (χ0n) is 18.3. The fourth-order valence-electron chi connectivity index (χ4n) is 4.56. The van der Waals surface area contributed by atoms with E-state index in [9.17, 15) is 0 Å². The maximum atomic E-state index is 5.86. The third kappa shape index (κ3) is 4.77. The van der Waals surface area contributed by atoms with Crippen LogP contribution in [0.4, 0.5) is 0 Å². The third-order valence-electron chi connectivity index (χ3n) is 6.56. The van der Waals surface area contributed by atoms with E-state index in [2.05, 4.69) is 62.6 Å². The Balaban J connectivity index is 1.32. The summed E-state index contributed by atoms with van der Waals surface area (Å²) < 4.78 is 11.4. The van der Waals surface area contributed by atoms with Gasteiger partial charge in [0.05, 0.1) is 5.60 Å². The molecule has 0 radical (unpaired) electrons. The van der Waals surface area contributed by atoms with E-state index in [1.165, 1.54) is 16.3 Å². The van der Waals surface area contributed by atoms with Crippen molar-refractivity contribution in [3.63, 3.8) is 0 Å². The van der Waals surface area contributed by atoms with E-state index in [-0.39, 0.29) is 5.60 Å². The Hall–Kier alpha value is -2.15. The van der Waals surface area contributed by atoms with Gasteiger partial charge in [-0.15, -0.1) is 0 Å². The molecule has 30 heavy (non-hydrogen) atoms. The molecular formula is C24H34N4O2. The normalized spacial score (nSPS) is 20.5. The van der Waals surface area contributed by atoms with Crippen LogP contribution in [0.1, 0.15) is 18.4 Å². The van der Waals surface area contributed by atoms with Crippen molar-refractivity contribution in [1.82, 2.24) is 15.1 Å². The summed E-state index contributed by atoms with van der Waals surface area (Å²) in [6.07, 6.45) is 1.85. The summed E-state index contributed by atoms with van der Waals surface area (Å²) >= 11 is 0. The summed E-state index contributed by atoms with van der Waals surface area (Å²) in [6, 6.07) is 15.3. The SMILES string of the molecule is CN=C(NCC1(OC)CCOCC1)N1CCN(Cc2cccc3ccccc23)CC1. The van der Waals surface area contributed by atoms with Gasteiger partial charge in [0.1, 0.15) is 0 Å². The summed E-state index contributed by atoms with van der Waals surface area (Å²) in [4.78, 5) is 9.44. The molecule has 1 N–H and O–H groups in total. The van der Waals surface area contributed by atoms with Crippen molar-refractivity contribution in [3.05, 3.63) is 48.0 Å². The highest BCUT2D eigenvalue weighted by atomic mass is 16.5. The first-order valence-electron chi connectivity index (χ1n) is 11.0. The van der Waals surface area contributed by atoms with Crippen LogP contribution in [0.5, 0.6) is 0 Å². The zero-order valence-corrected chi connectivity index (χ0v) is 18.3. The Labute approximate surface area is 179 Å². The molecule has 0 unspecified atom stereocenters. The van der Waals surface area contributed by atoms with Crippen molar-refractivity contribution in [2.45, 2.75) is 25.0 Å². The van der Waals surface area contributed by atoms with E-state index in [1.54, 1.807) is 0 Å². The second-order valence-electron chi connectivity index (χ2n) is 8.30. The lowest BCUT2D eigenvalue weighted by Crippen LogP contribution is -2.55. The fourth-order valence-corrected chi connectivity index (χ4v) is 4.56. The summed E-state index contributed by atoms with van der Waals surface area (Å²) in [5.74, 6) is 0.975. The number of benzene rings is 2. The van der Waals surface area contributed by atoms with Crippen LogP contribution in [0.15, 0.2) is 47.5 Å². The average molecular weight is 411 g/mol. The second-order valence-corrected chi connectivity index (χ2v) is 8.30. The molecule has 2 aromatic carbocycles. The Morgan fingerprint density at radius 2 is 1.80 bits per heavy atom. The predicted molar refractivity (Wildman–Crippen MR) is 122 cm³/mol. The number of methoxy groups -OCH3 is 1. The van der Waals surface area contributed by atoms with Gasteiger partial charge in [-0.3, -0.25) is 9.89 Å². The van der Waals surface area contributed by atoms with Crippen LogP contribution in [-0.2, 0) is 16.0 Å². The predicted octanol–water partition coefficient (Wildman–Crippen LogP) is 2.73. The molecule has 0 spiro atoms. The van der Waals surface area contributed by atoms with E-state index < -0.39 is 0 Å². The molecule has 2 aliphatic rings. The lowest BCUT2D eigenvalue weighted by Gasteiger charge is -2.39. The van der Waals surface area contributed by atoms with Gasteiger partial charge in [0.2, 0.25) is 0 Å². The summed E-state index contributed by atoms with van der Waals surface area (Å²) in [5, 5.41) is 6.25. The van der Waals surface area contributed by atoms with Gasteiger partial charge in [-0.1, -0.05) is 42.5 Å². The van der Waals surface area contributed by atoms with E-state index in [4.69, 9.17) is 9.47 Å². The van der Waals surface area contributed by atoms with E-state index in [0.29, 0.717) is 0 Å². The molecule has 0 aromatic heterocycles. The maximum Gasteiger partial charge on any atom is 0.193 e. The standard InChI is InChI=1S/C24H34N4O2/c1-25-23(26-19-24(29-2)10-16-30-17-11-24)28-14-12-27(13-15-28)18-21-8-5-7-20-6-3-4-9-22(20)21/h3-9H,10-19H2,1-2H3,(H,25,26). The van der Waals surface area contributed by atoms with Gasteiger partial charge in [-0.05, 0) is 16.3 Å². The quantitative estimate of drug-likeness (QED) is 0.607. The maximum absolute atomic E-state index is 5.86. The number of hydrogen-bond acceptors (Lipinski definition) is 4. The summed E-state index contributed by atoms with van der Waals surface area (Å²) in [7, 11) is 3.68. The Bertz CT molecular complexity index is 850. The first kappa shape index (κ1) is 21.1. The molecule has 0 bridgehead atoms. The number of ether oxygens (including phenoxy) is 2. The van der Waals surface area contributed by atoms with Gasteiger partial charge in [-0.2, -0.15) is 0 Å². The van der Waals surface area contributed by atoms with Gasteiger partial charge in [-0.25, -0.2) is 0 Å². The van der Waals surface area contributed by atoms with Crippen molar-refractivity contribution in [3.8, 4) is 0 Å². The minimum atomic E-state index is -0.148. The molecule has 0 aliphatic carbocycles. The van der Waals surface area contributed by atoms with E-state index in [0.717, 1.165) is 71.3 Å². The minimum absolute atomic E-state index is 0.148. The molecular weight excluding hydrogens is 376 g/mol. The highest BCUT2D eigenvalue weighted by molar-refractivity contribution is 5.85. The molecule has 2 heterocycles. The molecule has 2 aromatic rings. The first-order chi connectivity index (χ1) is 14.7.